The fourth-order valence-electron chi connectivity index (χ4n) is 3.05. The zero-order valence-corrected chi connectivity index (χ0v) is 15.7. The van der Waals surface area contributed by atoms with Crippen molar-refractivity contribution in [1.29, 1.82) is 0 Å². The van der Waals surface area contributed by atoms with E-state index in [1.807, 2.05) is 42.7 Å². The fourth-order valence-corrected chi connectivity index (χ4v) is 3.45. The third-order valence-electron chi connectivity index (χ3n) is 4.50. The van der Waals surface area contributed by atoms with Crippen LogP contribution in [-0.2, 0) is 6.54 Å². The minimum Gasteiger partial charge on any atom is -0.347 e. The summed E-state index contributed by atoms with van der Waals surface area (Å²) in [6.07, 6.45) is 2.04. The zero-order chi connectivity index (χ0) is 18.6. The molecule has 0 saturated heterocycles. The number of nitrogens with one attached hydrogen (secondary N) is 2. The van der Waals surface area contributed by atoms with E-state index in [4.69, 9.17) is 0 Å². The Morgan fingerprint density at radius 1 is 1.04 bits per heavy atom. The summed E-state index contributed by atoms with van der Waals surface area (Å²) in [5.41, 5.74) is 3.30. The van der Waals surface area contributed by atoms with Gasteiger partial charge < -0.3 is 5.32 Å². The molecule has 1 heterocycles. The van der Waals surface area contributed by atoms with Crippen LogP contribution in [0.1, 0.15) is 16.1 Å². The number of thioether (sulfide) groups is 1. The number of carbonyl (C=O) groups excluding carboxylic acids is 1. The summed E-state index contributed by atoms with van der Waals surface area (Å²) >= 11 is 1.70. The molecule has 1 aromatic heterocycles. The third kappa shape index (κ3) is 3.73. The molecule has 5 heteroatoms. The second-order valence-electron chi connectivity index (χ2n) is 6.22. The van der Waals surface area contributed by atoms with Crippen LogP contribution in [0, 0.1) is 0 Å². The average molecular weight is 373 g/mol. The lowest BCUT2D eigenvalue weighted by Crippen LogP contribution is -2.23. The van der Waals surface area contributed by atoms with Gasteiger partial charge in [0.15, 0.2) is 0 Å². The molecule has 27 heavy (non-hydrogen) atoms. The van der Waals surface area contributed by atoms with E-state index in [9.17, 15) is 4.79 Å². The van der Waals surface area contributed by atoms with Crippen LogP contribution in [0.4, 0.5) is 0 Å². The van der Waals surface area contributed by atoms with Gasteiger partial charge in [0.25, 0.3) is 5.91 Å². The van der Waals surface area contributed by atoms with Gasteiger partial charge in [-0.15, -0.1) is 11.8 Å². The number of fused-ring (bicyclic) bond motifs is 1. The summed E-state index contributed by atoms with van der Waals surface area (Å²) in [4.78, 5) is 13.7. The van der Waals surface area contributed by atoms with Gasteiger partial charge in [-0.3, -0.25) is 9.89 Å². The third-order valence-corrected chi connectivity index (χ3v) is 5.24. The van der Waals surface area contributed by atoms with Gasteiger partial charge in [0.1, 0.15) is 5.69 Å². The molecular formula is C22H19N3OS. The largest absolute Gasteiger partial charge is 0.347 e. The first-order valence-electron chi connectivity index (χ1n) is 8.69. The van der Waals surface area contributed by atoms with Gasteiger partial charge in [-0.05, 0) is 40.8 Å². The first kappa shape index (κ1) is 17.4. The quantitative estimate of drug-likeness (QED) is 0.490. The van der Waals surface area contributed by atoms with E-state index in [2.05, 4.69) is 45.8 Å². The van der Waals surface area contributed by atoms with Crippen molar-refractivity contribution in [2.24, 2.45) is 0 Å². The molecule has 0 aliphatic carbocycles. The van der Waals surface area contributed by atoms with Crippen LogP contribution in [0.25, 0.3) is 22.0 Å². The predicted octanol–water partition coefficient (Wildman–Crippen LogP) is 4.88. The Morgan fingerprint density at radius 2 is 1.81 bits per heavy atom. The first-order chi connectivity index (χ1) is 13.2. The molecule has 0 fully saturated rings. The van der Waals surface area contributed by atoms with Gasteiger partial charge in [-0.1, -0.05) is 54.6 Å². The Hall–Kier alpha value is -3.05. The molecule has 1 amide bonds. The first-order valence-corrected chi connectivity index (χ1v) is 9.92. The number of nitrogens with zero attached hydrogens (tertiary/aromatic N) is 1. The fraction of sp³-hybridized carbons (Fsp3) is 0.0909. The van der Waals surface area contributed by atoms with Crippen LogP contribution in [-0.4, -0.2) is 22.4 Å². The van der Waals surface area contributed by atoms with Crippen LogP contribution >= 0.6 is 11.8 Å². The monoisotopic (exact) mass is 373 g/mol. The van der Waals surface area contributed by atoms with E-state index in [1.165, 1.54) is 4.90 Å². The maximum Gasteiger partial charge on any atom is 0.269 e. The van der Waals surface area contributed by atoms with Crippen LogP contribution in [0.2, 0.25) is 0 Å². The number of amides is 1. The van der Waals surface area contributed by atoms with Crippen molar-refractivity contribution in [2.75, 3.05) is 6.26 Å². The lowest BCUT2D eigenvalue weighted by Gasteiger charge is -2.04. The molecule has 0 radical (unpaired) electrons. The zero-order valence-electron chi connectivity index (χ0n) is 14.9. The maximum absolute atomic E-state index is 12.5. The summed E-state index contributed by atoms with van der Waals surface area (Å²) in [5, 5.41) is 12.4. The van der Waals surface area contributed by atoms with Gasteiger partial charge in [-0.25, -0.2) is 0 Å². The number of H-pyrrole nitrogens is 1. The predicted molar refractivity (Wildman–Crippen MR) is 111 cm³/mol. The standard InChI is InChI=1S/C22H19N3OS/c1-27-17-11-9-15(10-12-17)14-23-22(26)21-13-20(24-25-21)19-8-4-6-16-5-2-3-7-18(16)19/h2-13H,14H2,1H3,(H,23,26)(H,24,25). The van der Waals surface area contributed by atoms with Crippen molar-refractivity contribution in [3.63, 3.8) is 0 Å². The molecule has 4 nitrogen and oxygen atoms in total. The minimum absolute atomic E-state index is 0.164. The Labute approximate surface area is 162 Å². The highest BCUT2D eigenvalue weighted by Gasteiger charge is 2.12. The highest BCUT2D eigenvalue weighted by atomic mass is 32.2. The van der Waals surface area contributed by atoms with Gasteiger partial charge >= 0.3 is 0 Å². The van der Waals surface area contributed by atoms with E-state index < -0.39 is 0 Å². The molecule has 0 aliphatic heterocycles. The molecule has 0 spiro atoms. The van der Waals surface area contributed by atoms with Crippen LogP contribution < -0.4 is 5.32 Å². The Balaban J connectivity index is 1.50. The van der Waals surface area contributed by atoms with Crippen LogP contribution in [0.5, 0.6) is 0 Å². The van der Waals surface area contributed by atoms with Crippen molar-refractivity contribution in [2.45, 2.75) is 11.4 Å². The molecule has 0 aliphatic rings. The van der Waals surface area contributed by atoms with Crippen molar-refractivity contribution in [3.8, 4) is 11.3 Å². The normalized spacial score (nSPS) is 10.9. The van der Waals surface area contributed by atoms with Gasteiger partial charge in [-0.2, -0.15) is 5.10 Å². The Morgan fingerprint density at radius 3 is 2.63 bits per heavy atom. The minimum atomic E-state index is -0.164. The molecular weight excluding hydrogens is 354 g/mol. The second kappa shape index (κ2) is 7.68. The molecule has 0 atom stereocenters. The molecule has 2 N–H and O–H groups in total. The van der Waals surface area contributed by atoms with Crippen molar-refractivity contribution in [3.05, 3.63) is 84.1 Å². The lowest BCUT2D eigenvalue weighted by molar-refractivity contribution is 0.0946. The summed E-state index contributed by atoms with van der Waals surface area (Å²) in [6.45, 7) is 0.482. The van der Waals surface area contributed by atoms with Crippen LogP contribution in [0.3, 0.4) is 0 Å². The molecule has 4 aromatic rings. The SMILES string of the molecule is CSc1ccc(CNC(=O)c2cc(-c3cccc4ccccc34)n[nH]2)cc1. The van der Waals surface area contributed by atoms with E-state index in [0.29, 0.717) is 12.2 Å². The number of benzene rings is 3. The summed E-state index contributed by atoms with van der Waals surface area (Å²) < 4.78 is 0. The second-order valence-corrected chi connectivity index (χ2v) is 7.10. The Kier molecular flexibility index (Phi) is 4.94. The topological polar surface area (TPSA) is 57.8 Å². The number of carbonyl (C=O) groups is 1. The number of hydrogen-bond acceptors (Lipinski definition) is 3. The van der Waals surface area contributed by atoms with E-state index >= 15 is 0 Å². The summed E-state index contributed by atoms with van der Waals surface area (Å²) in [6, 6.07) is 24.2. The van der Waals surface area contributed by atoms with Gasteiger partial charge in [0.2, 0.25) is 0 Å². The van der Waals surface area contributed by atoms with E-state index in [0.717, 1.165) is 27.6 Å². The highest BCUT2D eigenvalue weighted by molar-refractivity contribution is 7.98. The van der Waals surface area contributed by atoms with Crippen molar-refractivity contribution < 1.29 is 4.79 Å². The maximum atomic E-state index is 12.5. The molecule has 0 unspecified atom stereocenters. The molecule has 4 rings (SSSR count). The van der Waals surface area contributed by atoms with Gasteiger partial charge in [0, 0.05) is 17.0 Å². The summed E-state index contributed by atoms with van der Waals surface area (Å²) in [5.74, 6) is -0.164. The summed E-state index contributed by atoms with van der Waals surface area (Å²) in [7, 11) is 0. The molecule has 134 valence electrons. The van der Waals surface area contributed by atoms with E-state index in [-0.39, 0.29) is 5.91 Å². The molecule has 3 aromatic carbocycles. The number of aromatic amines is 1. The average Bonchev–Trinajstić information content (AvgIpc) is 3.22. The highest BCUT2D eigenvalue weighted by Crippen LogP contribution is 2.27. The molecule has 0 saturated carbocycles. The Bertz CT molecular complexity index is 1080. The number of hydrogen-bond donors (Lipinski definition) is 2. The number of rotatable bonds is 5. The smallest absolute Gasteiger partial charge is 0.269 e. The molecule has 0 bridgehead atoms. The van der Waals surface area contributed by atoms with E-state index in [1.54, 1.807) is 17.8 Å². The van der Waals surface area contributed by atoms with Crippen molar-refractivity contribution in [1.82, 2.24) is 15.5 Å². The number of aromatic nitrogens is 2. The van der Waals surface area contributed by atoms with Gasteiger partial charge in [0.05, 0.1) is 5.69 Å². The van der Waals surface area contributed by atoms with Crippen molar-refractivity contribution >= 4 is 28.4 Å². The van der Waals surface area contributed by atoms with Crippen LogP contribution in [0.15, 0.2) is 77.7 Å². The lowest BCUT2D eigenvalue weighted by atomic mass is 10.0.